The van der Waals surface area contributed by atoms with Gasteiger partial charge in [0.15, 0.2) is 0 Å². The molecule has 0 spiro atoms. The number of alkyl halides is 3. The van der Waals surface area contributed by atoms with Gasteiger partial charge in [0.2, 0.25) is 6.79 Å². The number of halogens is 3. The summed E-state index contributed by atoms with van der Waals surface area (Å²) in [4.78, 5) is 10.5. The number of hydrogen-bond donors (Lipinski definition) is 0. The molecule has 0 aliphatic rings. The summed E-state index contributed by atoms with van der Waals surface area (Å²) in [6.07, 6.45) is -4.78. The van der Waals surface area contributed by atoms with Gasteiger partial charge in [-0.05, 0) is 6.92 Å². The van der Waals surface area contributed by atoms with Crippen LogP contribution in [0.5, 0.6) is 0 Å². The molecule has 3 nitrogen and oxygen atoms in total. The van der Waals surface area contributed by atoms with Crippen molar-refractivity contribution in [1.29, 1.82) is 0 Å². The Balaban J connectivity index is 3.58. The third kappa shape index (κ3) is 5.72. The van der Waals surface area contributed by atoms with E-state index < -0.39 is 19.1 Å². The molecular formula is C6H7F3O3. The van der Waals surface area contributed by atoms with E-state index in [0.29, 0.717) is 0 Å². The Kier molecular flexibility index (Phi) is 3.75. The summed E-state index contributed by atoms with van der Waals surface area (Å²) < 4.78 is 41.0. The molecule has 0 heterocycles. The van der Waals surface area contributed by atoms with Gasteiger partial charge in [0, 0.05) is 5.57 Å². The predicted octanol–water partition coefficient (Wildman–Crippen LogP) is 1.60. The number of rotatable bonds is 3. The topological polar surface area (TPSA) is 35.5 Å². The first-order chi connectivity index (χ1) is 5.33. The Morgan fingerprint density at radius 2 is 2.00 bits per heavy atom. The van der Waals surface area contributed by atoms with Crippen LogP contribution in [0.3, 0.4) is 0 Å². The van der Waals surface area contributed by atoms with Crippen LogP contribution in [0.15, 0.2) is 12.2 Å². The lowest BCUT2D eigenvalue weighted by atomic mass is 10.4. The van der Waals surface area contributed by atoms with Gasteiger partial charge in [-0.3, -0.25) is 4.74 Å². The Morgan fingerprint density at radius 1 is 1.50 bits per heavy atom. The van der Waals surface area contributed by atoms with Crippen molar-refractivity contribution in [3.05, 3.63) is 12.2 Å². The molecule has 0 aliphatic heterocycles. The van der Waals surface area contributed by atoms with E-state index in [-0.39, 0.29) is 5.57 Å². The molecule has 0 bridgehead atoms. The second kappa shape index (κ2) is 4.10. The summed E-state index contributed by atoms with van der Waals surface area (Å²) >= 11 is 0. The third-order valence-electron chi connectivity index (χ3n) is 0.761. The molecule has 0 unspecified atom stereocenters. The van der Waals surface area contributed by atoms with E-state index in [1.54, 1.807) is 0 Å². The predicted molar refractivity (Wildman–Crippen MR) is 32.9 cm³/mol. The highest BCUT2D eigenvalue weighted by Gasteiger charge is 2.29. The molecule has 0 aromatic heterocycles. The number of hydrogen-bond acceptors (Lipinski definition) is 3. The van der Waals surface area contributed by atoms with Gasteiger partial charge in [0.25, 0.3) is 0 Å². The van der Waals surface area contributed by atoms with Crippen molar-refractivity contribution in [1.82, 2.24) is 0 Å². The third-order valence-corrected chi connectivity index (χ3v) is 0.761. The molecule has 0 aliphatic carbocycles. The molecule has 0 atom stereocenters. The van der Waals surface area contributed by atoms with Crippen LogP contribution in [-0.2, 0) is 14.3 Å². The van der Waals surface area contributed by atoms with Crippen LogP contribution in [0, 0.1) is 0 Å². The van der Waals surface area contributed by atoms with E-state index in [9.17, 15) is 18.0 Å². The van der Waals surface area contributed by atoms with E-state index in [0.717, 1.165) is 0 Å². The Labute approximate surface area is 66.8 Å². The minimum Gasteiger partial charge on any atom is -0.435 e. The molecule has 0 radical (unpaired) electrons. The van der Waals surface area contributed by atoms with Crippen molar-refractivity contribution in [3.63, 3.8) is 0 Å². The maximum absolute atomic E-state index is 11.3. The molecular weight excluding hydrogens is 177 g/mol. The van der Waals surface area contributed by atoms with Gasteiger partial charge in [-0.2, -0.15) is 0 Å². The average Bonchev–Trinajstić information content (AvgIpc) is 1.84. The lowest BCUT2D eigenvalue weighted by Crippen LogP contribution is -2.18. The van der Waals surface area contributed by atoms with Gasteiger partial charge in [-0.25, -0.2) is 4.79 Å². The van der Waals surface area contributed by atoms with Crippen LogP contribution in [0.2, 0.25) is 0 Å². The molecule has 0 aromatic rings. The highest BCUT2D eigenvalue weighted by Crippen LogP contribution is 2.15. The van der Waals surface area contributed by atoms with E-state index in [2.05, 4.69) is 16.1 Å². The lowest BCUT2D eigenvalue weighted by molar-refractivity contribution is -0.345. The SMILES string of the molecule is C=C(C)C(=O)OCOC(F)(F)F. The van der Waals surface area contributed by atoms with Gasteiger partial charge in [0.05, 0.1) is 0 Å². The zero-order valence-corrected chi connectivity index (χ0v) is 6.27. The first-order valence-electron chi connectivity index (χ1n) is 2.86. The van der Waals surface area contributed by atoms with Crippen LogP contribution in [0.25, 0.3) is 0 Å². The van der Waals surface area contributed by atoms with Crippen molar-refractivity contribution in [3.8, 4) is 0 Å². The normalized spacial score (nSPS) is 11.0. The molecule has 6 heteroatoms. The van der Waals surface area contributed by atoms with Crippen LogP contribution in [0.4, 0.5) is 13.2 Å². The second-order valence-electron chi connectivity index (χ2n) is 1.92. The Bertz CT molecular complexity index is 185. The van der Waals surface area contributed by atoms with Gasteiger partial charge in [-0.1, -0.05) is 6.58 Å². The number of carbonyl (C=O) groups excluding carboxylic acids is 1. The van der Waals surface area contributed by atoms with Crippen molar-refractivity contribution < 1.29 is 27.4 Å². The minimum atomic E-state index is -4.78. The van der Waals surface area contributed by atoms with Crippen LogP contribution < -0.4 is 0 Å². The van der Waals surface area contributed by atoms with Gasteiger partial charge in [-0.15, -0.1) is 13.2 Å². The molecule has 0 amide bonds. The summed E-state index contributed by atoms with van der Waals surface area (Å²) in [5.74, 6) is -0.917. The standard InChI is InChI=1S/C6H7F3O3/c1-4(2)5(10)11-3-12-6(7,8)9/h1,3H2,2H3. The maximum Gasteiger partial charge on any atom is 0.525 e. The zero-order chi connectivity index (χ0) is 9.78. The highest BCUT2D eigenvalue weighted by atomic mass is 19.4. The summed E-state index contributed by atoms with van der Waals surface area (Å²) in [5, 5.41) is 0. The monoisotopic (exact) mass is 184 g/mol. The first kappa shape index (κ1) is 11.0. The van der Waals surface area contributed by atoms with E-state index in [1.807, 2.05) is 0 Å². The maximum atomic E-state index is 11.3. The van der Waals surface area contributed by atoms with Gasteiger partial charge < -0.3 is 4.74 Å². The molecule has 0 N–H and O–H groups in total. The van der Waals surface area contributed by atoms with E-state index in [4.69, 9.17) is 0 Å². The molecule has 12 heavy (non-hydrogen) atoms. The zero-order valence-electron chi connectivity index (χ0n) is 6.27. The Hall–Kier alpha value is -1.04. The smallest absolute Gasteiger partial charge is 0.435 e. The van der Waals surface area contributed by atoms with Crippen molar-refractivity contribution in [2.24, 2.45) is 0 Å². The molecule has 0 rings (SSSR count). The molecule has 0 saturated heterocycles. The molecule has 0 fully saturated rings. The quantitative estimate of drug-likeness (QED) is 0.379. The van der Waals surface area contributed by atoms with Crippen molar-refractivity contribution in [2.45, 2.75) is 13.3 Å². The molecule has 70 valence electrons. The lowest BCUT2D eigenvalue weighted by Gasteiger charge is -2.07. The van der Waals surface area contributed by atoms with Crippen LogP contribution in [0.1, 0.15) is 6.92 Å². The minimum absolute atomic E-state index is 0.0146. The summed E-state index contributed by atoms with van der Waals surface area (Å²) in [6.45, 7) is 3.33. The fraction of sp³-hybridized carbons (Fsp3) is 0.500. The molecule has 0 aromatic carbocycles. The largest absolute Gasteiger partial charge is 0.525 e. The van der Waals surface area contributed by atoms with E-state index in [1.165, 1.54) is 6.92 Å². The van der Waals surface area contributed by atoms with Gasteiger partial charge in [0.1, 0.15) is 0 Å². The van der Waals surface area contributed by atoms with E-state index >= 15 is 0 Å². The summed E-state index contributed by atoms with van der Waals surface area (Å²) in [6, 6.07) is 0. The van der Waals surface area contributed by atoms with Crippen molar-refractivity contribution >= 4 is 5.97 Å². The number of carbonyl (C=O) groups is 1. The van der Waals surface area contributed by atoms with Crippen LogP contribution >= 0.6 is 0 Å². The van der Waals surface area contributed by atoms with Crippen LogP contribution in [-0.4, -0.2) is 19.1 Å². The first-order valence-corrected chi connectivity index (χ1v) is 2.86. The average molecular weight is 184 g/mol. The fourth-order valence-electron chi connectivity index (χ4n) is 0.273. The second-order valence-corrected chi connectivity index (χ2v) is 1.92. The summed E-state index contributed by atoms with van der Waals surface area (Å²) in [5.41, 5.74) is 0.0146. The van der Waals surface area contributed by atoms with Gasteiger partial charge >= 0.3 is 12.3 Å². The Morgan fingerprint density at radius 3 is 2.33 bits per heavy atom. The molecule has 0 saturated carbocycles. The highest BCUT2D eigenvalue weighted by molar-refractivity contribution is 5.86. The summed E-state index contributed by atoms with van der Waals surface area (Å²) in [7, 11) is 0. The van der Waals surface area contributed by atoms with Crippen molar-refractivity contribution in [2.75, 3.05) is 6.79 Å². The number of ether oxygens (including phenoxy) is 2. The number of esters is 1. The fourth-order valence-corrected chi connectivity index (χ4v) is 0.273.